The van der Waals surface area contributed by atoms with Gasteiger partial charge in [0.2, 0.25) is 0 Å². The van der Waals surface area contributed by atoms with Crippen LogP contribution in [-0.4, -0.2) is 48.5 Å². The van der Waals surface area contributed by atoms with Crippen molar-refractivity contribution in [1.29, 1.82) is 0 Å². The lowest BCUT2D eigenvalue weighted by atomic mass is 10.2. The molecule has 1 aliphatic rings. The van der Waals surface area contributed by atoms with Gasteiger partial charge in [0.05, 0.1) is 18.1 Å². The minimum atomic E-state index is -2.89. The third-order valence-corrected chi connectivity index (χ3v) is 5.34. The van der Waals surface area contributed by atoms with E-state index in [-0.39, 0.29) is 17.5 Å². The van der Waals surface area contributed by atoms with Crippen molar-refractivity contribution in [3.8, 4) is 0 Å². The lowest BCUT2D eigenvalue weighted by Gasteiger charge is -2.16. The van der Waals surface area contributed by atoms with Crippen molar-refractivity contribution < 1.29 is 8.42 Å². The van der Waals surface area contributed by atoms with E-state index in [0.29, 0.717) is 24.8 Å². The summed E-state index contributed by atoms with van der Waals surface area (Å²) in [7, 11) is -1.21. The Balaban J connectivity index is 1.88. The van der Waals surface area contributed by atoms with E-state index in [2.05, 4.69) is 39.0 Å². The molecule has 2 rings (SSSR count). The molecule has 0 bridgehead atoms. The minimum Gasteiger partial charge on any atom is -0.353 e. The van der Waals surface area contributed by atoms with Crippen molar-refractivity contribution in [3.63, 3.8) is 0 Å². The van der Waals surface area contributed by atoms with Gasteiger partial charge >= 0.3 is 0 Å². The third-order valence-electron chi connectivity index (χ3n) is 3.57. The molecule has 0 spiro atoms. The third kappa shape index (κ3) is 4.72. The number of hydrogen-bond acceptors (Lipinski definition) is 4. The molecule has 0 saturated carbocycles. The Morgan fingerprint density at radius 1 is 1.55 bits per heavy atom. The normalized spacial score (nSPS) is 21.3. The van der Waals surface area contributed by atoms with Crippen LogP contribution in [0.2, 0.25) is 0 Å². The summed E-state index contributed by atoms with van der Waals surface area (Å²) < 4.78 is 25.1. The molecule has 1 aromatic rings. The Hall–Kier alpha value is -1.57. The molecule has 7 nitrogen and oxygen atoms in total. The van der Waals surface area contributed by atoms with Crippen LogP contribution in [0.1, 0.15) is 26.1 Å². The number of sulfone groups is 1. The molecule has 8 heteroatoms. The van der Waals surface area contributed by atoms with E-state index in [0.717, 1.165) is 12.4 Å². The topological polar surface area (TPSA) is 88.4 Å². The molecule has 0 amide bonds. The summed E-state index contributed by atoms with van der Waals surface area (Å²) in [5, 5.41) is 6.37. The number of rotatable bonds is 5. The number of aliphatic imine (C=N–C) groups is 1. The molecule has 1 unspecified atom stereocenters. The molecular formula is C14H25N5O2S. The van der Waals surface area contributed by atoms with Crippen molar-refractivity contribution in [3.05, 3.63) is 18.2 Å². The monoisotopic (exact) mass is 327 g/mol. The van der Waals surface area contributed by atoms with Gasteiger partial charge in [-0.05, 0) is 12.3 Å². The maximum Gasteiger partial charge on any atom is 0.191 e. The predicted octanol–water partition coefficient (Wildman–Crippen LogP) is 0.391. The van der Waals surface area contributed by atoms with E-state index >= 15 is 0 Å². The quantitative estimate of drug-likeness (QED) is 0.603. The molecule has 124 valence electrons. The molecule has 1 atom stereocenters. The first kappa shape index (κ1) is 16.8. The van der Waals surface area contributed by atoms with Crippen LogP contribution in [-0.2, 0) is 22.9 Å². The second-order valence-electron chi connectivity index (χ2n) is 6.06. The van der Waals surface area contributed by atoms with Gasteiger partial charge < -0.3 is 15.2 Å². The first-order chi connectivity index (χ1) is 10.4. The molecule has 2 heterocycles. The molecule has 1 fully saturated rings. The maximum atomic E-state index is 11.5. The maximum absolute atomic E-state index is 11.5. The Kier molecular flexibility index (Phi) is 5.44. The SMILES string of the molecule is CN=C(NCc1nccn1CC(C)C)NC1CCS(=O)(=O)C1. The lowest BCUT2D eigenvalue weighted by molar-refractivity contribution is 0.503. The van der Waals surface area contributed by atoms with Crippen LogP contribution in [0.5, 0.6) is 0 Å². The first-order valence-corrected chi connectivity index (χ1v) is 9.39. The average Bonchev–Trinajstić information content (AvgIpc) is 3.00. The summed E-state index contributed by atoms with van der Waals surface area (Å²) in [6.45, 7) is 5.80. The molecule has 1 saturated heterocycles. The van der Waals surface area contributed by atoms with Crippen molar-refractivity contribution in [2.75, 3.05) is 18.6 Å². The summed E-state index contributed by atoms with van der Waals surface area (Å²) in [5.74, 6) is 2.53. The van der Waals surface area contributed by atoms with Crippen LogP contribution in [0.15, 0.2) is 17.4 Å². The summed E-state index contributed by atoms with van der Waals surface area (Å²) in [5.41, 5.74) is 0. The fraction of sp³-hybridized carbons (Fsp3) is 0.714. The van der Waals surface area contributed by atoms with Crippen LogP contribution >= 0.6 is 0 Å². The number of imidazole rings is 1. The lowest BCUT2D eigenvalue weighted by Crippen LogP contribution is -2.43. The van der Waals surface area contributed by atoms with Crippen molar-refractivity contribution in [1.82, 2.24) is 20.2 Å². The summed E-state index contributed by atoms with van der Waals surface area (Å²) in [4.78, 5) is 8.50. The number of guanidine groups is 1. The van der Waals surface area contributed by atoms with E-state index in [1.807, 2.05) is 6.20 Å². The highest BCUT2D eigenvalue weighted by Crippen LogP contribution is 2.11. The van der Waals surface area contributed by atoms with Crippen molar-refractivity contribution in [2.45, 2.75) is 39.4 Å². The van der Waals surface area contributed by atoms with Gasteiger partial charge in [0.25, 0.3) is 0 Å². The molecule has 0 aliphatic carbocycles. The average molecular weight is 327 g/mol. The summed E-state index contributed by atoms with van der Waals surface area (Å²) in [6, 6.07) is -0.0633. The summed E-state index contributed by atoms with van der Waals surface area (Å²) >= 11 is 0. The highest BCUT2D eigenvalue weighted by atomic mass is 32.2. The fourth-order valence-corrected chi connectivity index (χ4v) is 4.20. The number of hydrogen-bond donors (Lipinski definition) is 2. The zero-order valence-corrected chi connectivity index (χ0v) is 14.2. The second kappa shape index (κ2) is 7.13. The highest BCUT2D eigenvalue weighted by molar-refractivity contribution is 7.91. The zero-order chi connectivity index (χ0) is 16.2. The molecule has 1 aromatic heterocycles. The van der Waals surface area contributed by atoms with Gasteiger partial charge in [0, 0.05) is 32.0 Å². The van der Waals surface area contributed by atoms with Gasteiger partial charge in [-0.1, -0.05) is 13.8 Å². The van der Waals surface area contributed by atoms with E-state index in [1.165, 1.54) is 0 Å². The van der Waals surface area contributed by atoms with Gasteiger partial charge in [0.15, 0.2) is 15.8 Å². The van der Waals surface area contributed by atoms with Gasteiger partial charge in [0.1, 0.15) is 5.82 Å². The smallest absolute Gasteiger partial charge is 0.191 e. The molecule has 0 radical (unpaired) electrons. The number of aromatic nitrogens is 2. The van der Waals surface area contributed by atoms with Gasteiger partial charge in [-0.2, -0.15) is 0 Å². The zero-order valence-electron chi connectivity index (χ0n) is 13.4. The van der Waals surface area contributed by atoms with Crippen LogP contribution in [0, 0.1) is 5.92 Å². The largest absolute Gasteiger partial charge is 0.353 e. The van der Waals surface area contributed by atoms with Crippen LogP contribution in [0.4, 0.5) is 0 Å². The van der Waals surface area contributed by atoms with Crippen LogP contribution in [0.25, 0.3) is 0 Å². The van der Waals surface area contributed by atoms with E-state index in [9.17, 15) is 8.42 Å². The molecular weight excluding hydrogens is 302 g/mol. The number of nitrogens with zero attached hydrogens (tertiary/aromatic N) is 3. The molecule has 0 aromatic carbocycles. The highest BCUT2D eigenvalue weighted by Gasteiger charge is 2.28. The number of nitrogens with one attached hydrogen (secondary N) is 2. The Bertz CT molecular complexity index is 621. The molecule has 1 aliphatic heterocycles. The van der Waals surface area contributed by atoms with Crippen LogP contribution < -0.4 is 10.6 Å². The Morgan fingerprint density at radius 3 is 2.91 bits per heavy atom. The van der Waals surface area contributed by atoms with Gasteiger partial charge in [-0.15, -0.1) is 0 Å². The van der Waals surface area contributed by atoms with E-state index < -0.39 is 9.84 Å². The minimum absolute atomic E-state index is 0.0633. The molecule has 22 heavy (non-hydrogen) atoms. The van der Waals surface area contributed by atoms with Crippen molar-refractivity contribution >= 4 is 15.8 Å². The predicted molar refractivity (Wildman–Crippen MR) is 87.5 cm³/mol. The van der Waals surface area contributed by atoms with Gasteiger partial charge in [-0.25, -0.2) is 13.4 Å². The van der Waals surface area contributed by atoms with Crippen molar-refractivity contribution in [2.24, 2.45) is 10.9 Å². The summed E-state index contributed by atoms with van der Waals surface area (Å²) in [6.07, 6.45) is 4.39. The van der Waals surface area contributed by atoms with Gasteiger partial charge in [-0.3, -0.25) is 4.99 Å². The Morgan fingerprint density at radius 2 is 2.32 bits per heavy atom. The van der Waals surface area contributed by atoms with Crippen LogP contribution in [0.3, 0.4) is 0 Å². The van der Waals surface area contributed by atoms with E-state index in [4.69, 9.17) is 0 Å². The fourth-order valence-electron chi connectivity index (χ4n) is 2.53. The standard InChI is InChI=1S/C14H25N5O2S/c1-11(2)9-19-6-5-16-13(19)8-17-14(15-3)18-12-4-7-22(20,21)10-12/h5-6,11-12H,4,7-10H2,1-3H3,(H2,15,17,18). The second-order valence-corrected chi connectivity index (χ2v) is 8.29. The van der Waals surface area contributed by atoms with E-state index in [1.54, 1.807) is 13.2 Å². The Labute approximate surface area is 132 Å². The molecule has 2 N–H and O–H groups in total. The first-order valence-electron chi connectivity index (χ1n) is 7.57.